The summed E-state index contributed by atoms with van der Waals surface area (Å²) < 4.78 is 5.67. The zero-order chi connectivity index (χ0) is 14.5. The molecule has 0 spiro atoms. The maximum absolute atomic E-state index is 12.7. The van der Waals surface area contributed by atoms with Crippen LogP contribution in [0.25, 0.3) is 0 Å². The van der Waals surface area contributed by atoms with E-state index < -0.39 is 0 Å². The fraction of sp³-hybridized carbons (Fsp3) is 0.625. The first-order valence-corrected chi connectivity index (χ1v) is 7.46. The Kier molecular flexibility index (Phi) is 5.12. The summed E-state index contributed by atoms with van der Waals surface area (Å²) in [5.41, 5.74) is 1.53. The Hall–Kier alpha value is -1.42. The number of hydrogen-bond acceptors (Lipinski definition) is 3. The summed E-state index contributed by atoms with van der Waals surface area (Å²) in [6, 6.07) is 0. The highest BCUT2D eigenvalue weighted by Crippen LogP contribution is 2.24. The van der Waals surface area contributed by atoms with Crippen molar-refractivity contribution in [2.45, 2.75) is 52.2 Å². The van der Waals surface area contributed by atoms with E-state index in [9.17, 15) is 9.59 Å². The Morgan fingerprint density at radius 1 is 1.45 bits per heavy atom. The number of carbonyl (C=O) groups is 2. The molecule has 1 aliphatic heterocycles. The lowest BCUT2D eigenvalue weighted by Gasteiger charge is -2.30. The van der Waals surface area contributed by atoms with E-state index in [4.69, 9.17) is 4.74 Å². The normalized spacial score (nSPS) is 22.5. The van der Waals surface area contributed by atoms with Gasteiger partial charge >= 0.3 is 0 Å². The molecule has 1 aliphatic carbocycles. The summed E-state index contributed by atoms with van der Waals surface area (Å²) in [5, 5.41) is 0. The first kappa shape index (κ1) is 15.0. The number of carbonyl (C=O) groups excluding carboxylic acids is 2. The lowest BCUT2D eigenvalue weighted by molar-refractivity contribution is -0.139. The number of ketones is 1. The van der Waals surface area contributed by atoms with Crippen molar-refractivity contribution in [1.82, 2.24) is 4.90 Å². The molecule has 1 heterocycles. The zero-order valence-electron chi connectivity index (χ0n) is 12.4. The van der Waals surface area contributed by atoms with E-state index in [0.717, 1.165) is 37.9 Å². The molecule has 2 aliphatic rings. The Labute approximate surface area is 120 Å². The maximum Gasteiger partial charge on any atom is 0.252 e. The Morgan fingerprint density at radius 3 is 2.90 bits per heavy atom. The van der Waals surface area contributed by atoms with Gasteiger partial charge in [0.05, 0.1) is 0 Å². The lowest BCUT2D eigenvalue weighted by atomic mass is 9.96. The van der Waals surface area contributed by atoms with Gasteiger partial charge < -0.3 is 9.64 Å². The van der Waals surface area contributed by atoms with E-state index in [-0.39, 0.29) is 24.3 Å². The number of amides is 1. The minimum absolute atomic E-state index is 0.00160. The lowest BCUT2D eigenvalue weighted by Crippen LogP contribution is -2.42. The van der Waals surface area contributed by atoms with Crippen molar-refractivity contribution in [3.05, 3.63) is 23.3 Å². The van der Waals surface area contributed by atoms with E-state index in [1.54, 1.807) is 12.2 Å². The van der Waals surface area contributed by atoms with Crippen molar-refractivity contribution in [2.24, 2.45) is 0 Å². The van der Waals surface area contributed by atoms with Crippen molar-refractivity contribution in [2.75, 3.05) is 13.2 Å². The van der Waals surface area contributed by atoms with Gasteiger partial charge in [-0.25, -0.2) is 0 Å². The predicted molar refractivity (Wildman–Crippen MR) is 77.1 cm³/mol. The standard InChI is InChI=1S/C16H23NO3/c1-3-4-9-17(15-6-5-10-20-15)16(19)14-11-13(18)8-7-12(14)2/h7-8,15H,3-6,9-11H2,1-2H3. The molecule has 1 fully saturated rings. The fourth-order valence-electron chi connectivity index (χ4n) is 2.62. The Balaban J connectivity index is 2.16. The smallest absolute Gasteiger partial charge is 0.252 e. The van der Waals surface area contributed by atoms with Gasteiger partial charge in [0.25, 0.3) is 5.91 Å². The van der Waals surface area contributed by atoms with Crippen LogP contribution >= 0.6 is 0 Å². The highest BCUT2D eigenvalue weighted by Gasteiger charge is 2.30. The number of allylic oxidation sites excluding steroid dienone is 3. The summed E-state index contributed by atoms with van der Waals surface area (Å²) in [5.74, 6) is -0.0257. The molecule has 1 atom stereocenters. The van der Waals surface area contributed by atoms with Crippen LogP contribution < -0.4 is 0 Å². The second-order valence-corrected chi connectivity index (χ2v) is 5.46. The topological polar surface area (TPSA) is 46.6 Å². The first-order valence-electron chi connectivity index (χ1n) is 7.46. The van der Waals surface area contributed by atoms with E-state index in [0.29, 0.717) is 12.1 Å². The quantitative estimate of drug-likeness (QED) is 0.776. The Bertz CT molecular complexity index is 445. The second-order valence-electron chi connectivity index (χ2n) is 5.46. The van der Waals surface area contributed by atoms with Crippen molar-refractivity contribution in [1.29, 1.82) is 0 Å². The van der Waals surface area contributed by atoms with E-state index in [2.05, 4.69) is 6.92 Å². The molecule has 4 nitrogen and oxygen atoms in total. The van der Waals surface area contributed by atoms with E-state index >= 15 is 0 Å². The highest BCUT2D eigenvalue weighted by molar-refractivity contribution is 6.05. The van der Waals surface area contributed by atoms with Gasteiger partial charge in [0.1, 0.15) is 6.23 Å². The molecule has 110 valence electrons. The summed E-state index contributed by atoms with van der Waals surface area (Å²) in [4.78, 5) is 26.1. The van der Waals surface area contributed by atoms with E-state index in [1.807, 2.05) is 11.8 Å². The van der Waals surface area contributed by atoms with Gasteiger partial charge in [0.2, 0.25) is 0 Å². The molecular formula is C16H23NO3. The summed E-state index contributed by atoms with van der Waals surface area (Å²) in [7, 11) is 0. The summed E-state index contributed by atoms with van der Waals surface area (Å²) in [6.45, 7) is 5.42. The number of rotatable bonds is 5. The molecule has 1 amide bonds. The molecule has 0 saturated carbocycles. The van der Waals surface area contributed by atoms with Crippen LogP contribution in [0.4, 0.5) is 0 Å². The average molecular weight is 277 g/mol. The molecule has 0 radical (unpaired) electrons. The van der Waals surface area contributed by atoms with Crippen LogP contribution in [0, 0.1) is 0 Å². The largest absolute Gasteiger partial charge is 0.358 e. The van der Waals surface area contributed by atoms with Gasteiger partial charge in [0.15, 0.2) is 5.78 Å². The molecule has 1 saturated heterocycles. The minimum Gasteiger partial charge on any atom is -0.358 e. The molecule has 20 heavy (non-hydrogen) atoms. The number of nitrogens with zero attached hydrogens (tertiary/aromatic N) is 1. The molecule has 0 N–H and O–H groups in total. The maximum atomic E-state index is 12.7. The van der Waals surface area contributed by atoms with Crippen molar-refractivity contribution >= 4 is 11.7 Å². The number of hydrogen-bond donors (Lipinski definition) is 0. The van der Waals surface area contributed by atoms with Gasteiger partial charge in [-0.1, -0.05) is 19.4 Å². The van der Waals surface area contributed by atoms with Crippen LogP contribution in [0.3, 0.4) is 0 Å². The SMILES string of the molecule is CCCCN(C(=O)C1=C(C)C=CC(=O)C1)C1CCCO1. The van der Waals surface area contributed by atoms with Crippen molar-refractivity contribution in [3.8, 4) is 0 Å². The van der Waals surface area contributed by atoms with Crippen molar-refractivity contribution in [3.63, 3.8) is 0 Å². The monoisotopic (exact) mass is 277 g/mol. The fourth-order valence-corrected chi connectivity index (χ4v) is 2.62. The molecular weight excluding hydrogens is 254 g/mol. The van der Waals surface area contributed by atoms with Crippen LogP contribution in [0.5, 0.6) is 0 Å². The van der Waals surface area contributed by atoms with Gasteiger partial charge in [-0.05, 0) is 37.8 Å². The van der Waals surface area contributed by atoms with Gasteiger partial charge in [-0.2, -0.15) is 0 Å². The van der Waals surface area contributed by atoms with Crippen LogP contribution in [-0.4, -0.2) is 36.0 Å². The molecule has 4 heteroatoms. The predicted octanol–water partition coefficient (Wildman–Crippen LogP) is 2.60. The molecule has 2 rings (SSSR count). The molecule has 1 unspecified atom stereocenters. The van der Waals surface area contributed by atoms with Gasteiger partial charge in [0, 0.05) is 25.1 Å². The van der Waals surface area contributed by atoms with Crippen LogP contribution in [0.15, 0.2) is 23.3 Å². The van der Waals surface area contributed by atoms with Crippen molar-refractivity contribution < 1.29 is 14.3 Å². The molecule has 0 aromatic carbocycles. The molecule has 0 aromatic heterocycles. The first-order chi connectivity index (χ1) is 9.63. The third kappa shape index (κ3) is 3.37. The van der Waals surface area contributed by atoms with E-state index in [1.165, 1.54) is 0 Å². The third-order valence-electron chi connectivity index (χ3n) is 3.87. The number of unbranched alkanes of at least 4 members (excludes halogenated alkanes) is 1. The third-order valence-corrected chi connectivity index (χ3v) is 3.87. The van der Waals surface area contributed by atoms with Gasteiger partial charge in [-0.15, -0.1) is 0 Å². The summed E-state index contributed by atoms with van der Waals surface area (Å²) in [6.07, 6.45) is 7.28. The zero-order valence-corrected chi connectivity index (χ0v) is 12.4. The average Bonchev–Trinajstić information content (AvgIpc) is 2.95. The molecule has 0 bridgehead atoms. The summed E-state index contributed by atoms with van der Waals surface area (Å²) >= 11 is 0. The van der Waals surface area contributed by atoms with Gasteiger partial charge in [-0.3, -0.25) is 9.59 Å². The number of ether oxygens (including phenoxy) is 1. The highest BCUT2D eigenvalue weighted by atomic mass is 16.5. The van der Waals surface area contributed by atoms with Crippen LogP contribution in [-0.2, 0) is 14.3 Å². The molecule has 0 aromatic rings. The Morgan fingerprint density at radius 2 is 2.25 bits per heavy atom. The second kappa shape index (κ2) is 6.84. The van der Waals surface area contributed by atoms with Crippen LogP contribution in [0.2, 0.25) is 0 Å². The minimum atomic E-state index is -0.115. The van der Waals surface area contributed by atoms with Crippen LogP contribution in [0.1, 0.15) is 46.0 Å².